The van der Waals surface area contributed by atoms with Gasteiger partial charge in [-0.15, -0.1) is 0 Å². The lowest BCUT2D eigenvalue weighted by atomic mass is 9.77. The monoisotopic (exact) mass is 243 g/mol. The quantitative estimate of drug-likeness (QED) is 0.640. The van der Waals surface area contributed by atoms with Gasteiger partial charge in [-0.2, -0.15) is 0 Å². The molecular weight excluding hydrogens is 225 g/mol. The van der Waals surface area contributed by atoms with Gasteiger partial charge in [-0.3, -0.25) is 0 Å². The highest BCUT2D eigenvalue weighted by atomic mass is 19.1. The van der Waals surface area contributed by atoms with Crippen LogP contribution in [0.4, 0.5) is 4.39 Å². The number of halogens is 1. The van der Waals surface area contributed by atoms with Gasteiger partial charge in [0.1, 0.15) is 5.83 Å². The minimum atomic E-state index is -0.0935. The van der Waals surface area contributed by atoms with Crippen LogP contribution < -0.4 is 0 Å². The summed E-state index contributed by atoms with van der Waals surface area (Å²) >= 11 is 0. The summed E-state index contributed by atoms with van der Waals surface area (Å²) in [5.74, 6) is -0.114. The Kier molecular flexibility index (Phi) is 3.46. The van der Waals surface area contributed by atoms with E-state index in [1.54, 1.807) is 6.08 Å². The lowest BCUT2D eigenvalue weighted by Gasteiger charge is -2.28. The van der Waals surface area contributed by atoms with Crippen LogP contribution in [-0.2, 0) is 0 Å². The van der Waals surface area contributed by atoms with Gasteiger partial charge in [0.05, 0.1) is 5.71 Å². The van der Waals surface area contributed by atoms with Crippen LogP contribution >= 0.6 is 0 Å². The van der Waals surface area contributed by atoms with E-state index < -0.39 is 0 Å². The van der Waals surface area contributed by atoms with Crippen molar-refractivity contribution in [3.8, 4) is 0 Å². The molecule has 0 aromatic carbocycles. The maximum absolute atomic E-state index is 13.7. The lowest BCUT2D eigenvalue weighted by Crippen LogP contribution is -2.20. The maximum atomic E-state index is 13.7. The van der Waals surface area contributed by atoms with Gasteiger partial charge in [0.25, 0.3) is 0 Å². The molecule has 0 spiro atoms. The largest absolute Gasteiger partial charge is 0.300 e. The van der Waals surface area contributed by atoms with Crippen molar-refractivity contribution in [2.75, 3.05) is 0 Å². The second-order valence-electron chi connectivity index (χ2n) is 4.82. The number of allylic oxidation sites excluding steroid dienone is 10. The normalized spacial score (nSPS) is 31.2. The first-order valence-corrected chi connectivity index (χ1v) is 6.22. The number of fused-ring (bicyclic) bond motifs is 1. The zero-order valence-corrected chi connectivity index (χ0v) is 11.0. The minimum absolute atomic E-state index is 0.0209. The van der Waals surface area contributed by atoms with E-state index in [1.165, 1.54) is 0 Å². The third kappa shape index (κ3) is 2.15. The molecule has 1 nitrogen and oxygen atoms in total. The highest BCUT2D eigenvalue weighted by Gasteiger charge is 2.28. The highest BCUT2D eigenvalue weighted by Crippen LogP contribution is 2.38. The molecule has 2 rings (SSSR count). The fourth-order valence-electron chi connectivity index (χ4n) is 2.61. The third-order valence-electron chi connectivity index (χ3n) is 3.58. The first kappa shape index (κ1) is 12.7. The molecule has 0 bridgehead atoms. The summed E-state index contributed by atoms with van der Waals surface area (Å²) in [6.07, 6.45) is 9.85. The maximum Gasteiger partial charge on any atom is 0.101 e. The second-order valence-corrected chi connectivity index (χ2v) is 4.82. The summed E-state index contributed by atoms with van der Waals surface area (Å²) in [6.45, 7) is 5.78. The van der Waals surface area contributed by atoms with Gasteiger partial charge >= 0.3 is 0 Å². The first-order valence-electron chi connectivity index (χ1n) is 6.22. The Hall–Kier alpha value is -1.70. The Morgan fingerprint density at radius 2 is 2.11 bits per heavy atom. The first-order chi connectivity index (χ1) is 8.54. The van der Waals surface area contributed by atoms with Gasteiger partial charge in [-0.25, -0.2) is 4.39 Å². The Morgan fingerprint density at radius 1 is 1.39 bits per heavy atom. The van der Waals surface area contributed by atoms with Crippen molar-refractivity contribution < 1.29 is 4.39 Å². The molecule has 1 atom stereocenters. The molecule has 0 radical (unpaired) electrons. The predicted octanol–water partition coefficient (Wildman–Crippen LogP) is 4.66. The Morgan fingerprint density at radius 3 is 2.78 bits per heavy atom. The number of hydrogen-bond donors (Lipinski definition) is 1. The van der Waals surface area contributed by atoms with E-state index in [-0.39, 0.29) is 11.7 Å². The van der Waals surface area contributed by atoms with Crippen molar-refractivity contribution in [1.82, 2.24) is 0 Å². The van der Waals surface area contributed by atoms with Crippen molar-refractivity contribution in [3.05, 3.63) is 58.5 Å². The standard InChI is InChI=1S/C16H18FN/c1-4-12-7-5-6-10(2)16(18)15-11(3)8-13(17)9-14(12)15/h4-8,14,18H,9H2,1-3H3/b7-5-,10-6-,12-4?,18-16?. The van der Waals surface area contributed by atoms with Gasteiger partial charge in [0.15, 0.2) is 0 Å². The summed E-state index contributed by atoms with van der Waals surface area (Å²) in [6, 6.07) is 0. The molecule has 0 aromatic rings. The van der Waals surface area contributed by atoms with Gasteiger partial charge in [-0.05, 0) is 49.1 Å². The second kappa shape index (κ2) is 4.89. The summed E-state index contributed by atoms with van der Waals surface area (Å²) in [5.41, 5.74) is 4.38. The van der Waals surface area contributed by atoms with E-state index in [9.17, 15) is 4.39 Å². The number of rotatable bonds is 0. The molecule has 94 valence electrons. The molecule has 1 N–H and O–H groups in total. The summed E-state index contributed by atoms with van der Waals surface area (Å²) in [7, 11) is 0. The van der Waals surface area contributed by atoms with Gasteiger partial charge in [0.2, 0.25) is 0 Å². The summed E-state index contributed by atoms with van der Waals surface area (Å²) < 4.78 is 13.7. The smallest absolute Gasteiger partial charge is 0.101 e. The fourth-order valence-corrected chi connectivity index (χ4v) is 2.61. The topological polar surface area (TPSA) is 23.9 Å². The molecule has 0 aromatic heterocycles. The molecule has 0 saturated heterocycles. The molecule has 2 aliphatic rings. The van der Waals surface area contributed by atoms with Crippen LogP contribution in [0.25, 0.3) is 0 Å². The van der Waals surface area contributed by atoms with Crippen LogP contribution in [0.2, 0.25) is 0 Å². The molecule has 0 saturated carbocycles. The molecule has 0 aliphatic heterocycles. The van der Waals surface area contributed by atoms with Crippen LogP contribution in [0, 0.1) is 11.3 Å². The average Bonchev–Trinajstić information content (AvgIpc) is 2.31. The van der Waals surface area contributed by atoms with Crippen LogP contribution in [0.5, 0.6) is 0 Å². The number of nitrogens with one attached hydrogen (secondary N) is 1. The fraction of sp³-hybridized carbons (Fsp3) is 0.312. The molecule has 18 heavy (non-hydrogen) atoms. The van der Waals surface area contributed by atoms with Crippen LogP contribution in [0.3, 0.4) is 0 Å². The van der Waals surface area contributed by atoms with E-state index in [0.717, 1.165) is 22.3 Å². The van der Waals surface area contributed by atoms with Gasteiger partial charge in [0, 0.05) is 12.3 Å². The van der Waals surface area contributed by atoms with Crippen LogP contribution in [-0.4, -0.2) is 5.71 Å². The third-order valence-corrected chi connectivity index (χ3v) is 3.58. The van der Waals surface area contributed by atoms with Crippen molar-refractivity contribution in [2.24, 2.45) is 5.92 Å². The molecule has 0 heterocycles. The molecule has 1 unspecified atom stereocenters. The zero-order chi connectivity index (χ0) is 13.3. The van der Waals surface area contributed by atoms with E-state index in [2.05, 4.69) is 0 Å². The lowest BCUT2D eigenvalue weighted by molar-refractivity contribution is 0.538. The Bertz CT molecular complexity index is 541. The minimum Gasteiger partial charge on any atom is -0.300 e. The van der Waals surface area contributed by atoms with Crippen molar-refractivity contribution in [2.45, 2.75) is 27.2 Å². The van der Waals surface area contributed by atoms with Crippen molar-refractivity contribution in [3.63, 3.8) is 0 Å². The molecule has 0 fully saturated rings. The Labute approximate surface area is 108 Å². The van der Waals surface area contributed by atoms with Gasteiger partial charge in [-0.1, -0.05) is 24.3 Å². The van der Waals surface area contributed by atoms with E-state index in [4.69, 9.17) is 5.41 Å². The Balaban J connectivity index is 2.64. The molecule has 2 heteroatoms. The SMILES string of the molecule is CC=C1/C=C\C=C(\C)C(=N)C2=C(C)C=C(F)CC12. The van der Waals surface area contributed by atoms with E-state index >= 15 is 0 Å². The molecular formula is C16H18FN. The zero-order valence-electron chi connectivity index (χ0n) is 11.0. The molecule has 2 aliphatic carbocycles. The average molecular weight is 243 g/mol. The van der Waals surface area contributed by atoms with Crippen molar-refractivity contribution >= 4 is 5.71 Å². The predicted molar refractivity (Wildman–Crippen MR) is 74.4 cm³/mol. The van der Waals surface area contributed by atoms with Crippen molar-refractivity contribution in [1.29, 1.82) is 5.41 Å². The van der Waals surface area contributed by atoms with E-state index in [1.807, 2.05) is 45.1 Å². The van der Waals surface area contributed by atoms with E-state index in [0.29, 0.717) is 12.1 Å². The summed E-state index contributed by atoms with van der Waals surface area (Å²) in [4.78, 5) is 0. The van der Waals surface area contributed by atoms with Crippen LogP contribution in [0.1, 0.15) is 27.2 Å². The van der Waals surface area contributed by atoms with Gasteiger partial charge < -0.3 is 5.41 Å². The molecule has 0 amide bonds. The highest BCUT2D eigenvalue weighted by molar-refractivity contribution is 6.11. The van der Waals surface area contributed by atoms with Crippen LogP contribution in [0.15, 0.2) is 58.5 Å². The summed E-state index contributed by atoms with van der Waals surface area (Å²) in [5, 5.41) is 8.28. The number of hydrogen-bond acceptors (Lipinski definition) is 1.